The van der Waals surface area contributed by atoms with Gasteiger partial charge in [-0.3, -0.25) is 0 Å². The molecule has 0 amide bonds. The summed E-state index contributed by atoms with van der Waals surface area (Å²) in [7, 11) is -3.37. The van der Waals surface area contributed by atoms with Gasteiger partial charge in [-0.15, -0.1) is 0 Å². The first kappa shape index (κ1) is 13.2. The van der Waals surface area contributed by atoms with Crippen molar-refractivity contribution in [3.63, 3.8) is 0 Å². The van der Waals surface area contributed by atoms with Crippen molar-refractivity contribution in [2.75, 3.05) is 0 Å². The van der Waals surface area contributed by atoms with Crippen molar-refractivity contribution in [2.24, 2.45) is 0 Å². The number of sulfonamides is 1. The average molecular weight is 241 g/mol. The van der Waals surface area contributed by atoms with Gasteiger partial charge in [-0.05, 0) is 37.5 Å². The average Bonchev–Trinajstić information content (AvgIpc) is 2.16. The molecule has 0 saturated carbocycles. The van der Waals surface area contributed by atoms with Crippen molar-refractivity contribution in [1.29, 1.82) is 0 Å². The van der Waals surface area contributed by atoms with E-state index >= 15 is 0 Å². The molecule has 0 heterocycles. The molecule has 16 heavy (non-hydrogen) atoms. The van der Waals surface area contributed by atoms with Crippen molar-refractivity contribution in [3.05, 3.63) is 29.8 Å². The molecule has 4 heteroatoms. The number of rotatable bonds is 4. The Morgan fingerprint density at radius 1 is 1.12 bits per heavy atom. The lowest BCUT2D eigenvalue weighted by Gasteiger charge is -2.11. The van der Waals surface area contributed by atoms with Crippen LogP contribution in [0.2, 0.25) is 0 Å². The first-order chi connectivity index (χ1) is 7.33. The zero-order chi connectivity index (χ0) is 12.3. The van der Waals surface area contributed by atoms with Gasteiger partial charge < -0.3 is 0 Å². The molecule has 0 unspecified atom stereocenters. The molecule has 1 rings (SSSR count). The molecule has 1 aromatic rings. The van der Waals surface area contributed by atoms with Crippen LogP contribution < -0.4 is 4.72 Å². The molecule has 0 spiro atoms. The third kappa shape index (κ3) is 3.32. The summed E-state index contributed by atoms with van der Waals surface area (Å²) >= 11 is 0. The maximum Gasteiger partial charge on any atom is 0.240 e. The maximum atomic E-state index is 11.9. The number of nitrogens with one attached hydrogen (secondary N) is 1. The van der Waals surface area contributed by atoms with Crippen LogP contribution in [0, 0.1) is 0 Å². The van der Waals surface area contributed by atoms with Crippen LogP contribution >= 0.6 is 0 Å². The van der Waals surface area contributed by atoms with Crippen molar-refractivity contribution < 1.29 is 8.42 Å². The molecule has 90 valence electrons. The smallest absolute Gasteiger partial charge is 0.209 e. The fourth-order valence-corrected chi connectivity index (χ4v) is 2.72. The molecule has 0 aliphatic rings. The lowest BCUT2D eigenvalue weighted by molar-refractivity contribution is 0.569. The quantitative estimate of drug-likeness (QED) is 0.880. The molecule has 0 atom stereocenters. The van der Waals surface area contributed by atoms with Crippen LogP contribution in [-0.4, -0.2) is 14.5 Å². The molecular weight excluding hydrogens is 222 g/mol. The van der Waals surface area contributed by atoms with Crippen LogP contribution in [0.3, 0.4) is 0 Å². The fraction of sp³-hybridized carbons (Fsp3) is 0.500. The van der Waals surface area contributed by atoms with Crippen LogP contribution in [0.25, 0.3) is 0 Å². The van der Waals surface area contributed by atoms with Gasteiger partial charge in [0.05, 0.1) is 4.90 Å². The summed E-state index contributed by atoms with van der Waals surface area (Å²) in [5, 5.41) is 0. The molecule has 0 fully saturated rings. The topological polar surface area (TPSA) is 46.2 Å². The lowest BCUT2D eigenvalue weighted by atomic mass is 10.0. The highest BCUT2D eigenvalue weighted by molar-refractivity contribution is 7.89. The van der Waals surface area contributed by atoms with E-state index < -0.39 is 10.0 Å². The SMILES string of the molecule is CC(C)NS(=O)(=O)c1cccc(C(C)C)c1. The molecule has 0 saturated heterocycles. The Hall–Kier alpha value is -0.870. The van der Waals surface area contributed by atoms with E-state index in [1.807, 2.05) is 33.8 Å². The summed E-state index contributed by atoms with van der Waals surface area (Å²) < 4.78 is 26.4. The van der Waals surface area contributed by atoms with E-state index in [0.717, 1.165) is 5.56 Å². The van der Waals surface area contributed by atoms with E-state index in [0.29, 0.717) is 10.8 Å². The number of hydrogen-bond acceptors (Lipinski definition) is 2. The van der Waals surface area contributed by atoms with E-state index in [1.165, 1.54) is 0 Å². The molecule has 1 aromatic carbocycles. The first-order valence-corrected chi connectivity index (χ1v) is 6.93. The highest BCUT2D eigenvalue weighted by atomic mass is 32.2. The van der Waals surface area contributed by atoms with Gasteiger partial charge in [0.1, 0.15) is 0 Å². The Morgan fingerprint density at radius 3 is 2.25 bits per heavy atom. The van der Waals surface area contributed by atoms with Gasteiger partial charge in [0.2, 0.25) is 10.0 Å². The Bertz CT molecular complexity index is 450. The standard InChI is InChI=1S/C12H19NO2S/c1-9(2)11-6-5-7-12(8-11)16(14,15)13-10(3)4/h5-10,13H,1-4H3. The second-order valence-corrected chi connectivity index (χ2v) is 6.22. The largest absolute Gasteiger partial charge is 0.240 e. The minimum absolute atomic E-state index is 0.0901. The highest BCUT2D eigenvalue weighted by Crippen LogP contribution is 2.18. The van der Waals surface area contributed by atoms with E-state index in [9.17, 15) is 8.42 Å². The third-order valence-electron chi connectivity index (χ3n) is 2.23. The van der Waals surface area contributed by atoms with Crippen LogP contribution in [0.1, 0.15) is 39.2 Å². The van der Waals surface area contributed by atoms with Crippen molar-refractivity contribution in [3.8, 4) is 0 Å². The molecule has 0 radical (unpaired) electrons. The van der Waals surface area contributed by atoms with E-state index in [2.05, 4.69) is 4.72 Å². The minimum atomic E-state index is -3.37. The predicted molar refractivity (Wildman–Crippen MR) is 66.0 cm³/mol. The van der Waals surface area contributed by atoms with Gasteiger partial charge in [-0.2, -0.15) is 0 Å². The van der Waals surface area contributed by atoms with E-state index in [4.69, 9.17) is 0 Å². The fourth-order valence-electron chi connectivity index (χ4n) is 1.42. The van der Waals surface area contributed by atoms with Crippen molar-refractivity contribution in [2.45, 2.75) is 44.6 Å². The summed E-state index contributed by atoms with van der Waals surface area (Å²) in [6.45, 7) is 7.71. The number of benzene rings is 1. The van der Waals surface area contributed by atoms with Gasteiger partial charge in [0, 0.05) is 6.04 Å². The monoisotopic (exact) mass is 241 g/mol. The molecule has 0 bridgehead atoms. The van der Waals surface area contributed by atoms with E-state index in [-0.39, 0.29) is 6.04 Å². The van der Waals surface area contributed by atoms with Crippen LogP contribution in [0.15, 0.2) is 29.2 Å². The Labute approximate surface area is 97.9 Å². The summed E-state index contributed by atoms with van der Waals surface area (Å²) in [5.74, 6) is 0.328. The normalized spacial score (nSPS) is 12.4. The second-order valence-electron chi connectivity index (χ2n) is 4.50. The summed E-state index contributed by atoms with van der Waals surface area (Å²) in [6, 6.07) is 6.99. The van der Waals surface area contributed by atoms with Crippen molar-refractivity contribution >= 4 is 10.0 Å². The van der Waals surface area contributed by atoms with Gasteiger partial charge >= 0.3 is 0 Å². The molecule has 1 N–H and O–H groups in total. The Balaban J connectivity index is 3.09. The van der Waals surface area contributed by atoms with Gasteiger partial charge in [0.15, 0.2) is 0 Å². The predicted octanol–water partition coefficient (Wildman–Crippen LogP) is 2.50. The Kier molecular flexibility index (Phi) is 4.10. The van der Waals surface area contributed by atoms with E-state index in [1.54, 1.807) is 18.2 Å². The molecule has 0 aromatic heterocycles. The Morgan fingerprint density at radius 2 is 1.75 bits per heavy atom. The third-order valence-corrected chi connectivity index (χ3v) is 3.88. The molecule has 3 nitrogen and oxygen atoms in total. The summed E-state index contributed by atoms with van der Waals surface area (Å²) in [6.07, 6.45) is 0. The minimum Gasteiger partial charge on any atom is -0.209 e. The first-order valence-electron chi connectivity index (χ1n) is 5.45. The summed E-state index contributed by atoms with van der Waals surface area (Å²) in [5.41, 5.74) is 1.03. The maximum absolute atomic E-state index is 11.9. The van der Waals surface area contributed by atoms with Crippen molar-refractivity contribution in [1.82, 2.24) is 4.72 Å². The molecule has 0 aliphatic carbocycles. The van der Waals surface area contributed by atoms with Crippen LogP contribution in [0.4, 0.5) is 0 Å². The molecular formula is C12H19NO2S. The van der Waals surface area contributed by atoms with Crippen LogP contribution in [-0.2, 0) is 10.0 Å². The zero-order valence-corrected chi connectivity index (χ0v) is 11.0. The second kappa shape index (κ2) is 4.97. The molecule has 0 aliphatic heterocycles. The lowest BCUT2D eigenvalue weighted by Crippen LogP contribution is -2.30. The van der Waals surface area contributed by atoms with Gasteiger partial charge in [0.25, 0.3) is 0 Å². The number of hydrogen-bond donors (Lipinski definition) is 1. The van der Waals surface area contributed by atoms with Crippen LogP contribution in [0.5, 0.6) is 0 Å². The summed E-state index contributed by atoms with van der Waals surface area (Å²) in [4.78, 5) is 0.340. The highest BCUT2D eigenvalue weighted by Gasteiger charge is 2.15. The van der Waals surface area contributed by atoms with Gasteiger partial charge in [-0.1, -0.05) is 26.0 Å². The van der Waals surface area contributed by atoms with Gasteiger partial charge in [-0.25, -0.2) is 13.1 Å². The zero-order valence-electron chi connectivity index (χ0n) is 10.2.